The zero-order chi connectivity index (χ0) is 23.5. The number of carbonyl (C=O) groups excluding carboxylic acids is 3. The molecule has 0 unspecified atom stereocenters. The summed E-state index contributed by atoms with van der Waals surface area (Å²) in [5.74, 6) is -1.53. The minimum Gasteiger partial charge on any atom is -0.465 e. The van der Waals surface area contributed by atoms with Crippen molar-refractivity contribution in [2.45, 2.75) is 13.8 Å². The number of aromatic amines is 1. The smallest absolute Gasteiger partial charge is 0.378 e. The van der Waals surface area contributed by atoms with Crippen molar-refractivity contribution in [3.63, 3.8) is 0 Å². The number of ketones is 1. The maximum atomic E-state index is 12.7. The molecule has 0 aliphatic carbocycles. The van der Waals surface area contributed by atoms with E-state index in [-0.39, 0.29) is 17.1 Å². The number of H-pyrrole nitrogens is 1. The number of Topliss-reactive ketones (excluding diaryl/α,β-unsaturated/α-hetero) is 1. The number of carbonyl (C=O) groups is 3. The van der Waals surface area contributed by atoms with Gasteiger partial charge in [0.2, 0.25) is 5.78 Å². The average Bonchev–Trinajstić information content (AvgIpc) is 3.56. The van der Waals surface area contributed by atoms with Crippen LogP contribution in [0.3, 0.4) is 0 Å². The number of ether oxygens (including phenoxy) is 2. The second-order valence-electron chi connectivity index (χ2n) is 7.10. The van der Waals surface area contributed by atoms with Crippen LogP contribution in [0.25, 0.3) is 16.4 Å². The maximum absolute atomic E-state index is 12.7. The molecule has 168 valence electrons. The third-order valence-electron chi connectivity index (χ3n) is 4.97. The molecule has 3 aromatic heterocycles. The van der Waals surface area contributed by atoms with E-state index >= 15 is 0 Å². The van der Waals surface area contributed by atoms with Crippen LogP contribution in [0.2, 0.25) is 0 Å². The molecule has 1 N–H and O–H groups in total. The van der Waals surface area contributed by atoms with Gasteiger partial charge in [0.05, 0.1) is 28.9 Å². The SMILES string of the molecule is COC(=O)c1c(C)[nH]c(C(=O)COC(=O)c2nc(-c3cccs3)n(-c3ccccc3)n2)c1C. The van der Waals surface area contributed by atoms with Gasteiger partial charge in [-0.3, -0.25) is 4.79 Å². The van der Waals surface area contributed by atoms with Crippen LogP contribution in [0.1, 0.15) is 42.7 Å². The Morgan fingerprint density at radius 3 is 2.48 bits per heavy atom. The van der Waals surface area contributed by atoms with Gasteiger partial charge in [0, 0.05) is 5.69 Å². The predicted octanol–water partition coefficient (Wildman–Crippen LogP) is 3.77. The first-order valence-corrected chi connectivity index (χ1v) is 10.8. The molecule has 0 atom stereocenters. The molecule has 0 saturated carbocycles. The monoisotopic (exact) mass is 464 g/mol. The van der Waals surface area contributed by atoms with E-state index in [9.17, 15) is 14.4 Å². The lowest BCUT2D eigenvalue weighted by atomic mass is 10.1. The van der Waals surface area contributed by atoms with Crippen LogP contribution in [0, 0.1) is 13.8 Å². The molecule has 0 aliphatic heterocycles. The van der Waals surface area contributed by atoms with Crippen LogP contribution in [-0.4, -0.2) is 51.2 Å². The molecule has 0 bridgehead atoms. The summed E-state index contributed by atoms with van der Waals surface area (Å²) in [6.07, 6.45) is 0. The third-order valence-corrected chi connectivity index (χ3v) is 5.84. The molecule has 9 nitrogen and oxygen atoms in total. The number of aryl methyl sites for hydroxylation is 1. The lowest BCUT2D eigenvalue weighted by Gasteiger charge is -2.03. The molecule has 33 heavy (non-hydrogen) atoms. The van der Waals surface area contributed by atoms with E-state index in [1.807, 2.05) is 47.8 Å². The van der Waals surface area contributed by atoms with Crippen molar-refractivity contribution in [1.82, 2.24) is 19.7 Å². The fraction of sp³-hybridized carbons (Fsp3) is 0.174. The Labute approximate surface area is 193 Å². The zero-order valence-corrected chi connectivity index (χ0v) is 18.9. The van der Waals surface area contributed by atoms with Gasteiger partial charge in [-0.1, -0.05) is 24.3 Å². The van der Waals surface area contributed by atoms with Crippen molar-refractivity contribution in [3.8, 4) is 16.4 Å². The molecule has 0 radical (unpaired) electrons. The Balaban J connectivity index is 1.55. The normalized spacial score (nSPS) is 10.8. The number of aromatic nitrogens is 4. The van der Waals surface area contributed by atoms with Crippen molar-refractivity contribution in [2.24, 2.45) is 0 Å². The maximum Gasteiger partial charge on any atom is 0.378 e. The quantitative estimate of drug-likeness (QED) is 0.327. The Morgan fingerprint density at radius 2 is 1.82 bits per heavy atom. The summed E-state index contributed by atoms with van der Waals surface area (Å²) >= 11 is 1.46. The summed E-state index contributed by atoms with van der Waals surface area (Å²) in [5.41, 5.74) is 2.14. The van der Waals surface area contributed by atoms with Crippen LogP contribution in [0.4, 0.5) is 0 Å². The molecule has 3 heterocycles. The van der Waals surface area contributed by atoms with E-state index in [1.165, 1.54) is 18.4 Å². The first-order valence-electron chi connectivity index (χ1n) is 9.94. The molecular weight excluding hydrogens is 444 g/mol. The van der Waals surface area contributed by atoms with Crippen LogP contribution < -0.4 is 0 Å². The molecule has 0 saturated heterocycles. The summed E-state index contributed by atoms with van der Waals surface area (Å²) in [7, 11) is 1.27. The highest BCUT2D eigenvalue weighted by atomic mass is 32.1. The number of esters is 2. The number of para-hydroxylation sites is 1. The van der Waals surface area contributed by atoms with Crippen molar-refractivity contribution >= 4 is 29.1 Å². The van der Waals surface area contributed by atoms with Gasteiger partial charge >= 0.3 is 11.9 Å². The van der Waals surface area contributed by atoms with Crippen molar-refractivity contribution < 1.29 is 23.9 Å². The first-order chi connectivity index (χ1) is 15.9. The topological polar surface area (TPSA) is 116 Å². The summed E-state index contributed by atoms with van der Waals surface area (Å²) in [6, 6.07) is 13.0. The number of nitrogens with zero attached hydrogens (tertiary/aromatic N) is 3. The number of benzene rings is 1. The summed E-state index contributed by atoms with van der Waals surface area (Å²) in [6.45, 7) is 2.75. The predicted molar refractivity (Wildman–Crippen MR) is 121 cm³/mol. The third kappa shape index (κ3) is 4.33. The number of rotatable bonds is 7. The van der Waals surface area contributed by atoms with Crippen molar-refractivity contribution in [2.75, 3.05) is 13.7 Å². The van der Waals surface area contributed by atoms with Crippen LogP contribution in [0.15, 0.2) is 47.8 Å². The minimum atomic E-state index is -0.829. The fourth-order valence-electron chi connectivity index (χ4n) is 3.42. The fourth-order valence-corrected chi connectivity index (χ4v) is 4.12. The van der Waals surface area contributed by atoms with E-state index in [0.29, 0.717) is 17.1 Å². The highest BCUT2D eigenvalue weighted by molar-refractivity contribution is 7.13. The lowest BCUT2D eigenvalue weighted by molar-refractivity contribution is 0.0461. The Bertz CT molecular complexity index is 1320. The van der Waals surface area contributed by atoms with E-state index in [2.05, 4.69) is 15.1 Å². The van der Waals surface area contributed by atoms with Gasteiger partial charge in [0.15, 0.2) is 12.4 Å². The second kappa shape index (κ2) is 9.21. The van der Waals surface area contributed by atoms with E-state index in [4.69, 9.17) is 9.47 Å². The molecular formula is C23H20N4O5S. The van der Waals surface area contributed by atoms with Crippen LogP contribution in [-0.2, 0) is 9.47 Å². The molecule has 4 rings (SSSR count). The Kier molecular flexibility index (Phi) is 6.18. The van der Waals surface area contributed by atoms with Crippen molar-refractivity contribution in [3.05, 3.63) is 76.2 Å². The van der Waals surface area contributed by atoms with Crippen molar-refractivity contribution in [1.29, 1.82) is 0 Å². The standard InChI is InChI=1S/C23H20N4O5S/c1-13-18(22(29)31-3)14(2)24-19(13)16(28)12-32-23(30)20-25-21(17-10-7-11-33-17)27(26-20)15-8-5-4-6-9-15/h4-11,24H,12H2,1-3H3. The first kappa shape index (κ1) is 22.2. The molecule has 1 aromatic carbocycles. The summed E-state index contributed by atoms with van der Waals surface area (Å²) in [5, 5.41) is 6.22. The molecule has 0 spiro atoms. The number of methoxy groups -OCH3 is 1. The molecule has 0 amide bonds. The van der Waals surface area contributed by atoms with Gasteiger partial charge in [-0.2, -0.15) is 4.98 Å². The molecule has 0 aliphatic rings. The Morgan fingerprint density at radius 1 is 1.06 bits per heavy atom. The van der Waals surface area contributed by atoms with Crippen LogP contribution in [0.5, 0.6) is 0 Å². The average molecular weight is 465 g/mol. The highest BCUT2D eigenvalue weighted by Gasteiger charge is 2.25. The number of hydrogen-bond acceptors (Lipinski definition) is 8. The van der Waals surface area contributed by atoms with Gasteiger partial charge in [0.1, 0.15) is 0 Å². The summed E-state index contributed by atoms with van der Waals surface area (Å²) in [4.78, 5) is 45.3. The van der Waals surface area contributed by atoms with Gasteiger partial charge < -0.3 is 14.5 Å². The summed E-state index contributed by atoms with van der Waals surface area (Å²) < 4.78 is 11.5. The molecule has 0 fully saturated rings. The van der Waals surface area contributed by atoms with Gasteiger partial charge in [-0.05, 0) is 43.0 Å². The zero-order valence-electron chi connectivity index (χ0n) is 18.1. The number of hydrogen-bond donors (Lipinski definition) is 1. The molecule has 10 heteroatoms. The molecule has 4 aromatic rings. The largest absolute Gasteiger partial charge is 0.465 e. The second-order valence-corrected chi connectivity index (χ2v) is 8.05. The van der Waals surface area contributed by atoms with E-state index in [1.54, 1.807) is 18.5 Å². The number of nitrogens with one attached hydrogen (secondary N) is 1. The van der Waals surface area contributed by atoms with Gasteiger partial charge in [-0.15, -0.1) is 16.4 Å². The Hall–Kier alpha value is -4.05. The van der Waals surface area contributed by atoms with Crippen LogP contribution >= 0.6 is 11.3 Å². The lowest BCUT2D eigenvalue weighted by Crippen LogP contribution is -2.16. The van der Waals surface area contributed by atoms with E-state index < -0.39 is 24.3 Å². The van der Waals surface area contributed by atoms with E-state index in [0.717, 1.165) is 10.6 Å². The van der Waals surface area contributed by atoms with Gasteiger partial charge in [0.25, 0.3) is 5.82 Å². The number of thiophene rings is 1. The van der Waals surface area contributed by atoms with Gasteiger partial charge in [-0.25, -0.2) is 14.3 Å². The minimum absolute atomic E-state index is 0.162. The highest BCUT2D eigenvalue weighted by Crippen LogP contribution is 2.26.